The second kappa shape index (κ2) is 6.98. The molecule has 7 heteroatoms. The standard InChI is InChI=1S/C12H23F3N4/c1-10-4-3-6-19(8-10)11(16)17-5-7-18(2)9-12(13,14)15/h10H,3-9H2,1-2H3,(H2,16,17). The van der Waals surface area contributed by atoms with Gasteiger partial charge in [-0.25, -0.2) is 0 Å². The molecule has 1 atom stereocenters. The Kier molecular flexibility index (Phi) is 5.90. The van der Waals surface area contributed by atoms with E-state index in [1.54, 1.807) is 0 Å². The Bertz CT molecular complexity index is 304. The molecule has 112 valence electrons. The van der Waals surface area contributed by atoms with Gasteiger partial charge in [-0.15, -0.1) is 0 Å². The summed E-state index contributed by atoms with van der Waals surface area (Å²) < 4.78 is 36.3. The highest BCUT2D eigenvalue weighted by Crippen LogP contribution is 2.16. The number of nitrogens with two attached hydrogens (primary N) is 1. The van der Waals surface area contributed by atoms with Gasteiger partial charge in [0.2, 0.25) is 0 Å². The van der Waals surface area contributed by atoms with Gasteiger partial charge >= 0.3 is 6.18 Å². The zero-order valence-corrected chi connectivity index (χ0v) is 11.6. The highest BCUT2D eigenvalue weighted by atomic mass is 19.4. The summed E-state index contributed by atoms with van der Waals surface area (Å²) >= 11 is 0. The number of hydrogen-bond donors (Lipinski definition) is 1. The molecule has 1 saturated heterocycles. The molecule has 0 aliphatic carbocycles. The van der Waals surface area contributed by atoms with Crippen molar-refractivity contribution in [2.75, 3.05) is 39.8 Å². The summed E-state index contributed by atoms with van der Waals surface area (Å²) in [4.78, 5) is 7.38. The lowest BCUT2D eigenvalue weighted by atomic mass is 10.0. The SMILES string of the molecule is CC1CCCN(C(N)=NCCN(C)CC(F)(F)F)C1. The molecule has 0 amide bonds. The van der Waals surface area contributed by atoms with Crippen LogP contribution in [0.2, 0.25) is 0 Å². The first kappa shape index (κ1) is 16.1. The van der Waals surface area contributed by atoms with E-state index in [4.69, 9.17) is 5.73 Å². The van der Waals surface area contributed by atoms with E-state index < -0.39 is 12.7 Å². The van der Waals surface area contributed by atoms with Crippen molar-refractivity contribution in [3.05, 3.63) is 0 Å². The van der Waals surface area contributed by atoms with Gasteiger partial charge in [-0.05, 0) is 25.8 Å². The van der Waals surface area contributed by atoms with Gasteiger partial charge in [0.25, 0.3) is 0 Å². The Morgan fingerprint density at radius 2 is 2.16 bits per heavy atom. The van der Waals surface area contributed by atoms with E-state index in [1.807, 2.05) is 4.90 Å². The zero-order chi connectivity index (χ0) is 14.5. The van der Waals surface area contributed by atoms with Gasteiger partial charge in [0, 0.05) is 19.6 Å². The van der Waals surface area contributed by atoms with Crippen molar-refractivity contribution in [3.63, 3.8) is 0 Å². The molecule has 19 heavy (non-hydrogen) atoms. The lowest BCUT2D eigenvalue weighted by molar-refractivity contribution is -0.142. The molecule has 0 radical (unpaired) electrons. The lowest BCUT2D eigenvalue weighted by Gasteiger charge is -2.31. The fourth-order valence-electron chi connectivity index (χ4n) is 2.22. The highest BCUT2D eigenvalue weighted by Gasteiger charge is 2.28. The summed E-state index contributed by atoms with van der Waals surface area (Å²) in [5, 5.41) is 0. The number of likely N-dealkylation sites (N-methyl/N-ethyl adjacent to an activating group) is 1. The monoisotopic (exact) mass is 280 g/mol. The molecule has 0 aromatic rings. The zero-order valence-electron chi connectivity index (χ0n) is 11.6. The fourth-order valence-corrected chi connectivity index (χ4v) is 2.22. The van der Waals surface area contributed by atoms with Crippen LogP contribution in [0.3, 0.4) is 0 Å². The van der Waals surface area contributed by atoms with Crippen molar-refractivity contribution < 1.29 is 13.2 Å². The third-order valence-electron chi connectivity index (χ3n) is 3.19. The van der Waals surface area contributed by atoms with Crippen LogP contribution < -0.4 is 5.73 Å². The molecule has 0 spiro atoms. The maximum absolute atomic E-state index is 12.1. The number of rotatable bonds is 4. The van der Waals surface area contributed by atoms with Crippen molar-refractivity contribution >= 4 is 5.96 Å². The minimum Gasteiger partial charge on any atom is -0.370 e. The van der Waals surface area contributed by atoms with Gasteiger partial charge in [-0.3, -0.25) is 9.89 Å². The smallest absolute Gasteiger partial charge is 0.370 e. The molecule has 1 aliphatic rings. The average molecular weight is 280 g/mol. The van der Waals surface area contributed by atoms with E-state index in [0.717, 1.165) is 19.5 Å². The third-order valence-corrected chi connectivity index (χ3v) is 3.19. The molecule has 1 unspecified atom stereocenters. The van der Waals surface area contributed by atoms with Gasteiger partial charge in [-0.1, -0.05) is 6.92 Å². The minimum atomic E-state index is -4.16. The quantitative estimate of drug-likeness (QED) is 0.627. The average Bonchev–Trinajstić information content (AvgIpc) is 2.26. The molecule has 0 saturated carbocycles. The van der Waals surface area contributed by atoms with E-state index in [2.05, 4.69) is 11.9 Å². The molecule has 0 aromatic carbocycles. The Balaban J connectivity index is 2.31. The van der Waals surface area contributed by atoms with Crippen LogP contribution >= 0.6 is 0 Å². The van der Waals surface area contributed by atoms with Crippen LogP contribution in [0, 0.1) is 5.92 Å². The second-order valence-electron chi connectivity index (χ2n) is 5.29. The fraction of sp³-hybridized carbons (Fsp3) is 0.917. The maximum Gasteiger partial charge on any atom is 0.401 e. The summed E-state index contributed by atoms with van der Waals surface area (Å²) in [5.41, 5.74) is 5.86. The van der Waals surface area contributed by atoms with Gasteiger partial charge in [0.15, 0.2) is 5.96 Å². The van der Waals surface area contributed by atoms with Crippen LogP contribution in [0.15, 0.2) is 4.99 Å². The van der Waals surface area contributed by atoms with E-state index in [0.29, 0.717) is 18.4 Å². The topological polar surface area (TPSA) is 44.9 Å². The van der Waals surface area contributed by atoms with Crippen molar-refractivity contribution in [1.29, 1.82) is 0 Å². The van der Waals surface area contributed by atoms with Gasteiger partial charge in [0.05, 0.1) is 13.1 Å². The number of nitrogens with zero attached hydrogens (tertiary/aromatic N) is 3. The van der Waals surface area contributed by atoms with E-state index in [1.165, 1.54) is 18.4 Å². The number of aliphatic imine (C=N–C) groups is 1. The first-order valence-corrected chi connectivity index (χ1v) is 6.58. The Morgan fingerprint density at radius 3 is 2.74 bits per heavy atom. The predicted octanol–water partition coefficient (Wildman–Crippen LogP) is 1.53. The first-order chi connectivity index (χ1) is 8.78. The minimum absolute atomic E-state index is 0.254. The van der Waals surface area contributed by atoms with Crippen LogP contribution in [0.25, 0.3) is 0 Å². The molecule has 1 aliphatic heterocycles. The Morgan fingerprint density at radius 1 is 1.47 bits per heavy atom. The molecule has 1 rings (SSSR count). The largest absolute Gasteiger partial charge is 0.401 e. The van der Waals surface area contributed by atoms with Crippen molar-refractivity contribution in [2.45, 2.75) is 25.9 Å². The van der Waals surface area contributed by atoms with E-state index in [9.17, 15) is 13.2 Å². The molecule has 1 heterocycles. The van der Waals surface area contributed by atoms with Gasteiger partial charge in [0.1, 0.15) is 0 Å². The van der Waals surface area contributed by atoms with Crippen LogP contribution in [0.1, 0.15) is 19.8 Å². The summed E-state index contributed by atoms with van der Waals surface area (Å²) in [6.07, 6.45) is -1.88. The van der Waals surface area contributed by atoms with Crippen molar-refractivity contribution in [2.24, 2.45) is 16.6 Å². The van der Waals surface area contributed by atoms with Gasteiger partial charge in [-0.2, -0.15) is 13.2 Å². The lowest BCUT2D eigenvalue weighted by Crippen LogP contribution is -2.44. The van der Waals surface area contributed by atoms with Crippen LogP contribution in [-0.4, -0.2) is 61.7 Å². The second-order valence-corrected chi connectivity index (χ2v) is 5.29. The summed E-state index contributed by atoms with van der Waals surface area (Å²) in [7, 11) is 1.43. The Hall–Kier alpha value is -0.980. The Labute approximate surface area is 112 Å². The molecular weight excluding hydrogens is 257 g/mol. The van der Waals surface area contributed by atoms with Crippen LogP contribution in [-0.2, 0) is 0 Å². The van der Waals surface area contributed by atoms with Crippen LogP contribution in [0.4, 0.5) is 13.2 Å². The third kappa shape index (κ3) is 6.66. The molecule has 0 aromatic heterocycles. The summed E-state index contributed by atoms with van der Waals surface area (Å²) in [5.74, 6) is 1.04. The molecular formula is C12H23F3N4. The number of likely N-dealkylation sites (tertiary alicyclic amines) is 1. The molecule has 2 N–H and O–H groups in total. The highest BCUT2D eigenvalue weighted by molar-refractivity contribution is 5.78. The number of alkyl halides is 3. The number of hydrogen-bond acceptors (Lipinski definition) is 2. The van der Waals surface area contributed by atoms with Gasteiger partial charge < -0.3 is 10.6 Å². The number of halogens is 3. The normalized spacial score (nSPS) is 22.1. The van der Waals surface area contributed by atoms with Crippen LogP contribution in [0.5, 0.6) is 0 Å². The summed E-state index contributed by atoms with van der Waals surface area (Å²) in [6.45, 7) is 3.57. The number of piperidine rings is 1. The molecule has 0 bridgehead atoms. The predicted molar refractivity (Wildman–Crippen MR) is 70.0 cm³/mol. The molecule has 1 fully saturated rings. The van der Waals surface area contributed by atoms with Crippen molar-refractivity contribution in [3.8, 4) is 0 Å². The number of guanidine groups is 1. The first-order valence-electron chi connectivity index (χ1n) is 6.58. The van der Waals surface area contributed by atoms with Crippen molar-refractivity contribution in [1.82, 2.24) is 9.80 Å². The van der Waals surface area contributed by atoms with E-state index in [-0.39, 0.29) is 6.54 Å². The maximum atomic E-state index is 12.1. The summed E-state index contributed by atoms with van der Waals surface area (Å²) in [6, 6.07) is 0. The van der Waals surface area contributed by atoms with E-state index >= 15 is 0 Å². The molecule has 4 nitrogen and oxygen atoms in total.